The maximum atomic E-state index is 12.3. The fourth-order valence-corrected chi connectivity index (χ4v) is 1.72. The molecule has 1 aliphatic carbocycles. The highest BCUT2D eigenvalue weighted by Crippen LogP contribution is 2.34. The van der Waals surface area contributed by atoms with Crippen LogP contribution in [-0.4, -0.2) is 12.2 Å². The van der Waals surface area contributed by atoms with Gasteiger partial charge in [-0.1, -0.05) is 6.08 Å². The molecule has 4 nitrogen and oxygen atoms in total. The van der Waals surface area contributed by atoms with Crippen LogP contribution in [0.1, 0.15) is 24.4 Å². The third-order valence-corrected chi connectivity index (χ3v) is 2.47. The van der Waals surface area contributed by atoms with Crippen molar-refractivity contribution in [1.82, 2.24) is 0 Å². The fourth-order valence-electron chi connectivity index (χ4n) is 1.72. The van der Waals surface area contributed by atoms with E-state index in [1.54, 1.807) is 6.08 Å². The van der Waals surface area contributed by atoms with Gasteiger partial charge in [-0.25, -0.2) is 0 Å². The van der Waals surface area contributed by atoms with Crippen molar-refractivity contribution < 1.29 is 22.3 Å². The minimum absolute atomic E-state index is 0.104. The number of halogens is 3. The van der Waals surface area contributed by atoms with Crippen LogP contribution in [0.5, 0.6) is 0 Å². The number of hydrogen-bond acceptors (Lipinski definition) is 3. The quantitative estimate of drug-likeness (QED) is 0.655. The molecule has 7 heteroatoms. The molecule has 1 aromatic heterocycles. The van der Waals surface area contributed by atoms with E-state index < -0.39 is 6.36 Å². The highest BCUT2D eigenvalue weighted by molar-refractivity contribution is 5.92. The maximum Gasteiger partial charge on any atom is 0.573 e. The van der Waals surface area contributed by atoms with Crippen LogP contribution in [0.3, 0.4) is 0 Å². The van der Waals surface area contributed by atoms with Crippen molar-refractivity contribution in [3.8, 4) is 0 Å². The number of alkyl halides is 3. The number of rotatable bonds is 3. The Morgan fingerprint density at radius 2 is 1.95 bits per heavy atom. The van der Waals surface area contributed by atoms with E-state index in [0.29, 0.717) is 12.8 Å². The fraction of sp³-hybridized carbons (Fsp3) is 0.250. The molecular weight excluding hydrogens is 261 g/mol. The zero-order valence-electron chi connectivity index (χ0n) is 9.75. The molecule has 0 fully saturated rings. The van der Waals surface area contributed by atoms with E-state index in [4.69, 9.17) is 15.6 Å². The molecule has 0 aliphatic heterocycles. The Morgan fingerprint density at radius 1 is 1.26 bits per heavy atom. The number of nitrogen functional groups attached to an aromatic ring is 1. The summed E-state index contributed by atoms with van der Waals surface area (Å²) in [4.78, 5) is 0. The number of hydrogen-bond donors (Lipinski definition) is 2. The number of nitrogens with two attached hydrogens (primary N) is 1. The number of allylic oxidation sites excluding steroid dienone is 3. The molecule has 0 atom stereocenters. The van der Waals surface area contributed by atoms with Crippen LogP contribution in [0.15, 0.2) is 34.5 Å². The molecule has 1 aromatic rings. The lowest BCUT2D eigenvalue weighted by Gasteiger charge is -2.17. The second-order valence-electron chi connectivity index (χ2n) is 3.89. The van der Waals surface area contributed by atoms with Crippen molar-refractivity contribution in [2.24, 2.45) is 5.73 Å². The Kier molecular flexibility index (Phi) is 3.37. The molecule has 19 heavy (non-hydrogen) atoms. The van der Waals surface area contributed by atoms with Gasteiger partial charge in [0.05, 0.1) is 5.57 Å². The van der Waals surface area contributed by atoms with E-state index in [0.717, 1.165) is 0 Å². The van der Waals surface area contributed by atoms with Crippen molar-refractivity contribution in [3.63, 3.8) is 0 Å². The molecule has 0 amide bonds. The Morgan fingerprint density at radius 3 is 2.53 bits per heavy atom. The van der Waals surface area contributed by atoms with Crippen molar-refractivity contribution in [2.45, 2.75) is 19.2 Å². The molecule has 1 heterocycles. The summed E-state index contributed by atoms with van der Waals surface area (Å²) in [5.74, 6) is -0.277. The maximum absolute atomic E-state index is 12.3. The smallest absolute Gasteiger partial charge is 0.453 e. The summed E-state index contributed by atoms with van der Waals surface area (Å²) in [7, 11) is 0. The molecule has 102 valence electrons. The molecule has 1 aliphatic rings. The van der Waals surface area contributed by atoms with Gasteiger partial charge in [-0.2, -0.15) is 0 Å². The van der Waals surface area contributed by atoms with Crippen LogP contribution in [0.2, 0.25) is 0 Å². The van der Waals surface area contributed by atoms with Gasteiger partial charge in [0.15, 0.2) is 11.6 Å². The lowest BCUT2D eigenvalue weighted by atomic mass is 10.0. The number of nitrogens with one attached hydrogen (secondary N) is 1. The van der Waals surface area contributed by atoms with Gasteiger partial charge in [-0.15, -0.1) is 13.2 Å². The summed E-state index contributed by atoms with van der Waals surface area (Å²) < 4.78 is 46.0. The average molecular weight is 272 g/mol. The molecule has 0 spiro atoms. The first-order valence-corrected chi connectivity index (χ1v) is 5.48. The minimum Gasteiger partial charge on any atom is -0.453 e. The van der Waals surface area contributed by atoms with Crippen molar-refractivity contribution in [3.05, 3.63) is 41.6 Å². The first-order valence-electron chi connectivity index (χ1n) is 5.48. The molecule has 0 unspecified atom stereocenters. The van der Waals surface area contributed by atoms with E-state index in [-0.39, 0.29) is 28.7 Å². The van der Waals surface area contributed by atoms with Gasteiger partial charge in [0.2, 0.25) is 0 Å². The number of furan rings is 1. The highest BCUT2D eigenvalue weighted by atomic mass is 19.4. The molecule has 0 bridgehead atoms. The number of amidine groups is 1. The van der Waals surface area contributed by atoms with Gasteiger partial charge in [0, 0.05) is 0 Å². The molecule has 3 N–H and O–H groups in total. The summed E-state index contributed by atoms with van der Waals surface area (Å²) in [5.41, 5.74) is 5.46. The summed E-state index contributed by atoms with van der Waals surface area (Å²) in [5, 5.41) is 7.20. The second kappa shape index (κ2) is 4.83. The third kappa shape index (κ3) is 3.18. The molecular formula is C12H11F3N2O2. The zero-order chi connectivity index (χ0) is 14.0. The predicted octanol–water partition coefficient (Wildman–Crippen LogP) is 3.16. The van der Waals surface area contributed by atoms with Gasteiger partial charge in [0.1, 0.15) is 11.5 Å². The first kappa shape index (κ1) is 13.3. The lowest BCUT2D eigenvalue weighted by Crippen LogP contribution is -2.14. The Labute approximate surface area is 106 Å². The average Bonchev–Trinajstić information content (AvgIpc) is 2.76. The highest BCUT2D eigenvalue weighted by Gasteiger charge is 2.34. The molecule has 0 radical (unpaired) electrons. The van der Waals surface area contributed by atoms with E-state index in [9.17, 15) is 13.2 Å². The Bertz CT molecular complexity index is 556. The number of ether oxygens (including phenoxy) is 1. The largest absolute Gasteiger partial charge is 0.573 e. The van der Waals surface area contributed by atoms with Gasteiger partial charge in [-0.05, 0) is 31.1 Å². The van der Waals surface area contributed by atoms with Crippen molar-refractivity contribution >= 4 is 11.4 Å². The predicted molar refractivity (Wildman–Crippen MR) is 62.2 cm³/mol. The van der Waals surface area contributed by atoms with Crippen molar-refractivity contribution in [2.75, 3.05) is 0 Å². The zero-order valence-corrected chi connectivity index (χ0v) is 9.75. The van der Waals surface area contributed by atoms with Crippen LogP contribution >= 0.6 is 0 Å². The van der Waals surface area contributed by atoms with Crippen LogP contribution < -0.4 is 5.73 Å². The minimum atomic E-state index is -4.75. The molecule has 0 saturated carbocycles. The first-order chi connectivity index (χ1) is 8.87. The van der Waals surface area contributed by atoms with Gasteiger partial charge < -0.3 is 14.9 Å². The van der Waals surface area contributed by atoms with Crippen LogP contribution in [0.25, 0.3) is 5.57 Å². The monoisotopic (exact) mass is 272 g/mol. The van der Waals surface area contributed by atoms with Crippen LogP contribution in [0, 0.1) is 5.41 Å². The van der Waals surface area contributed by atoms with E-state index >= 15 is 0 Å². The van der Waals surface area contributed by atoms with Gasteiger partial charge in [-0.3, -0.25) is 5.41 Å². The van der Waals surface area contributed by atoms with Crippen molar-refractivity contribution in [1.29, 1.82) is 5.41 Å². The molecule has 0 saturated heterocycles. The van der Waals surface area contributed by atoms with Gasteiger partial charge >= 0.3 is 6.36 Å². The summed E-state index contributed by atoms with van der Waals surface area (Å²) in [6, 6.07) is 2.89. The van der Waals surface area contributed by atoms with Crippen LogP contribution in [0.4, 0.5) is 13.2 Å². The van der Waals surface area contributed by atoms with Gasteiger partial charge in [0.25, 0.3) is 0 Å². The summed E-state index contributed by atoms with van der Waals surface area (Å²) in [6.45, 7) is 0. The SMILES string of the molecule is N=C(N)c1ccc(C2=CCCC=C2OC(F)(F)F)o1. The molecule has 0 aromatic carbocycles. The van der Waals surface area contributed by atoms with E-state index in [2.05, 4.69) is 4.74 Å². The van der Waals surface area contributed by atoms with Crippen LogP contribution in [-0.2, 0) is 4.74 Å². The Hall–Kier alpha value is -2.18. The second-order valence-corrected chi connectivity index (χ2v) is 3.89. The normalized spacial score (nSPS) is 15.7. The standard InChI is InChI=1S/C12H11F3N2O2/c13-12(14,15)19-9-4-2-1-3-7(9)8-5-6-10(18-8)11(16)17/h3-6H,1-2H2,(H3,16,17). The third-order valence-electron chi connectivity index (χ3n) is 2.47. The lowest BCUT2D eigenvalue weighted by molar-refractivity contribution is -0.302. The van der Waals surface area contributed by atoms with E-state index in [1.165, 1.54) is 18.2 Å². The van der Waals surface area contributed by atoms with E-state index in [1.807, 2.05) is 0 Å². The summed E-state index contributed by atoms with van der Waals surface area (Å²) in [6.07, 6.45) is -0.730. The topological polar surface area (TPSA) is 72.2 Å². The molecule has 2 rings (SSSR count). The Balaban J connectivity index is 2.28. The summed E-state index contributed by atoms with van der Waals surface area (Å²) >= 11 is 0.